The number of rotatable bonds is 5. The monoisotopic (exact) mass is 349 g/mol. The maximum atomic E-state index is 12.4. The quantitative estimate of drug-likeness (QED) is 0.897. The summed E-state index contributed by atoms with van der Waals surface area (Å²) in [5.41, 5.74) is 1.61. The van der Waals surface area contributed by atoms with Gasteiger partial charge in [-0.05, 0) is 36.8 Å². The summed E-state index contributed by atoms with van der Waals surface area (Å²) in [4.78, 5) is 12.5. The van der Waals surface area contributed by atoms with E-state index < -0.39 is 15.7 Å². The molecule has 0 atom stereocenters. The lowest BCUT2D eigenvalue weighted by molar-refractivity contribution is 0.102. The molecule has 6 nitrogen and oxygen atoms in total. The summed E-state index contributed by atoms with van der Waals surface area (Å²) in [6, 6.07) is 9.30. The van der Waals surface area contributed by atoms with Gasteiger partial charge in [0.25, 0.3) is 5.91 Å². The van der Waals surface area contributed by atoms with E-state index in [4.69, 9.17) is 9.47 Å². The minimum absolute atomic E-state index is 0.0965. The number of nitrogens with one attached hydrogen (secondary N) is 1. The fourth-order valence-corrected chi connectivity index (χ4v) is 2.84. The molecule has 0 saturated carbocycles. The first kappa shape index (κ1) is 17.8. The van der Waals surface area contributed by atoms with Crippen molar-refractivity contribution in [2.24, 2.45) is 0 Å². The Kier molecular flexibility index (Phi) is 5.14. The van der Waals surface area contributed by atoms with Gasteiger partial charge in [-0.25, -0.2) is 8.42 Å². The van der Waals surface area contributed by atoms with Crippen LogP contribution in [0.4, 0.5) is 5.69 Å². The van der Waals surface area contributed by atoms with Crippen molar-refractivity contribution in [1.29, 1.82) is 0 Å². The smallest absolute Gasteiger partial charge is 0.255 e. The number of anilines is 1. The Balaban J connectivity index is 2.34. The van der Waals surface area contributed by atoms with Crippen LogP contribution in [0.3, 0.4) is 0 Å². The van der Waals surface area contributed by atoms with Crippen molar-refractivity contribution >= 4 is 21.4 Å². The van der Waals surface area contributed by atoms with E-state index >= 15 is 0 Å². The molecule has 2 rings (SSSR count). The van der Waals surface area contributed by atoms with Gasteiger partial charge in [-0.15, -0.1) is 0 Å². The number of hydrogen-bond donors (Lipinski definition) is 1. The van der Waals surface area contributed by atoms with Gasteiger partial charge in [0.05, 0.1) is 19.1 Å². The largest absolute Gasteiger partial charge is 0.493 e. The average Bonchev–Trinajstić information content (AvgIpc) is 2.55. The first-order valence-corrected chi connectivity index (χ1v) is 8.99. The number of carbonyl (C=O) groups is 1. The fraction of sp³-hybridized carbons (Fsp3) is 0.235. The number of aryl methyl sites for hydroxylation is 1. The molecule has 2 aromatic carbocycles. The minimum atomic E-state index is -3.38. The van der Waals surface area contributed by atoms with Crippen LogP contribution < -0.4 is 14.8 Å². The molecule has 0 aromatic heterocycles. The molecule has 7 heteroatoms. The van der Waals surface area contributed by atoms with Gasteiger partial charge in [0, 0.05) is 23.6 Å². The molecule has 24 heavy (non-hydrogen) atoms. The van der Waals surface area contributed by atoms with Crippen molar-refractivity contribution in [3.63, 3.8) is 0 Å². The van der Waals surface area contributed by atoms with Crippen LogP contribution in [-0.2, 0) is 9.84 Å². The second-order valence-electron chi connectivity index (χ2n) is 5.28. The van der Waals surface area contributed by atoms with Crippen LogP contribution >= 0.6 is 0 Å². The van der Waals surface area contributed by atoms with E-state index in [-0.39, 0.29) is 10.5 Å². The van der Waals surface area contributed by atoms with Crippen LogP contribution in [0.15, 0.2) is 41.3 Å². The first-order chi connectivity index (χ1) is 11.3. The number of methoxy groups -OCH3 is 2. The molecule has 0 bridgehead atoms. The zero-order valence-electron chi connectivity index (χ0n) is 13.9. The summed E-state index contributed by atoms with van der Waals surface area (Å²) in [5, 5.41) is 2.76. The van der Waals surface area contributed by atoms with E-state index in [0.29, 0.717) is 17.2 Å². The van der Waals surface area contributed by atoms with Crippen LogP contribution in [0.5, 0.6) is 11.5 Å². The third-order valence-corrected chi connectivity index (χ3v) is 4.61. The molecule has 128 valence electrons. The molecule has 2 aromatic rings. The summed E-state index contributed by atoms with van der Waals surface area (Å²) in [5.74, 6) is 0.645. The fourth-order valence-electron chi connectivity index (χ4n) is 2.18. The van der Waals surface area contributed by atoms with Crippen molar-refractivity contribution < 1.29 is 22.7 Å². The lowest BCUT2D eigenvalue weighted by Gasteiger charge is -2.14. The molecule has 1 amide bonds. The zero-order valence-corrected chi connectivity index (χ0v) is 14.7. The molecule has 0 aliphatic heterocycles. The number of amides is 1. The van der Waals surface area contributed by atoms with Gasteiger partial charge < -0.3 is 14.8 Å². The van der Waals surface area contributed by atoms with Crippen molar-refractivity contribution in [1.82, 2.24) is 0 Å². The average molecular weight is 349 g/mol. The molecular weight excluding hydrogens is 330 g/mol. The van der Waals surface area contributed by atoms with Gasteiger partial charge >= 0.3 is 0 Å². The molecular formula is C17H19NO5S. The zero-order chi connectivity index (χ0) is 17.9. The topological polar surface area (TPSA) is 81.7 Å². The lowest BCUT2D eigenvalue weighted by Crippen LogP contribution is -2.13. The van der Waals surface area contributed by atoms with E-state index in [1.54, 1.807) is 18.2 Å². The predicted molar refractivity (Wildman–Crippen MR) is 91.8 cm³/mol. The molecule has 0 heterocycles. The van der Waals surface area contributed by atoms with E-state index in [0.717, 1.165) is 11.8 Å². The standard InChI is InChI=1S/C17H19NO5S/c1-11-8-15(22-2)16(23-3)10-14(11)18-17(19)12-6-5-7-13(9-12)24(4,20)21/h5-10H,1-4H3,(H,18,19). The van der Waals surface area contributed by atoms with Gasteiger partial charge in [-0.2, -0.15) is 0 Å². The Morgan fingerprint density at radius 2 is 1.67 bits per heavy atom. The predicted octanol–water partition coefficient (Wildman–Crippen LogP) is 2.67. The Hall–Kier alpha value is -2.54. The summed E-state index contributed by atoms with van der Waals surface area (Å²) in [6.07, 6.45) is 1.10. The van der Waals surface area contributed by atoms with Gasteiger partial charge in [-0.3, -0.25) is 4.79 Å². The highest BCUT2D eigenvalue weighted by Crippen LogP contribution is 2.33. The summed E-state index contributed by atoms with van der Waals surface area (Å²) in [7, 11) is -0.334. The molecule has 0 unspecified atom stereocenters. The molecule has 0 aliphatic carbocycles. The number of carbonyl (C=O) groups excluding carboxylic acids is 1. The highest BCUT2D eigenvalue weighted by Gasteiger charge is 2.14. The van der Waals surface area contributed by atoms with Crippen LogP contribution in [0, 0.1) is 6.92 Å². The third-order valence-electron chi connectivity index (χ3n) is 3.50. The molecule has 1 N–H and O–H groups in total. The van der Waals surface area contributed by atoms with E-state index in [1.165, 1.54) is 32.4 Å². The normalized spacial score (nSPS) is 11.0. The van der Waals surface area contributed by atoms with E-state index in [2.05, 4.69) is 5.32 Å². The van der Waals surface area contributed by atoms with Crippen LogP contribution in [0.2, 0.25) is 0 Å². The maximum Gasteiger partial charge on any atom is 0.255 e. The van der Waals surface area contributed by atoms with Gasteiger partial charge in [0.2, 0.25) is 0 Å². The molecule has 0 radical (unpaired) electrons. The SMILES string of the molecule is COc1cc(C)c(NC(=O)c2cccc(S(C)(=O)=O)c2)cc1OC. The van der Waals surface area contributed by atoms with Crippen molar-refractivity contribution in [3.05, 3.63) is 47.5 Å². The molecule has 0 fully saturated rings. The highest BCUT2D eigenvalue weighted by atomic mass is 32.2. The Morgan fingerprint density at radius 3 is 2.25 bits per heavy atom. The van der Waals surface area contributed by atoms with Crippen LogP contribution in [0.1, 0.15) is 15.9 Å². The van der Waals surface area contributed by atoms with Crippen LogP contribution in [-0.4, -0.2) is 34.8 Å². The molecule has 0 spiro atoms. The van der Waals surface area contributed by atoms with Crippen molar-refractivity contribution in [2.75, 3.05) is 25.8 Å². The molecule has 0 saturated heterocycles. The van der Waals surface area contributed by atoms with Crippen molar-refractivity contribution in [2.45, 2.75) is 11.8 Å². The van der Waals surface area contributed by atoms with Gasteiger partial charge in [-0.1, -0.05) is 6.07 Å². The Labute approximate surface area is 141 Å². The second-order valence-corrected chi connectivity index (χ2v) is 7.29. The van der Waals surface area contributed by atoms with Gasteiger partial charge in [0.1, 0.15) is 0 Å². The summed E-state index contributed by atoms with van der Waals surface area (Å²) >= 11 is 0. The van der Waals surface area contributed by atoms with Crippen LogP contribution in [0.25, 0.3) is 0 Å². The van der Waals surface area contributed by atoms with E-state index in [1.807, 2.05) is 6.92 Å². The second kappa shape index (κ2) is 6.92. The van der Waals surface area contributed by atoms with E-state index in [9.17, 15) is 13.2 Å². The Bertz CT molecular complexity index is 875. The highest BCUT2D eigenvalue weighted by molar-refractivity contribution is 7.90. The number of ether oxygens (including phenoxy) is 2. The summed E-state index contributed by atoms with van der Waals surface area (Å²) < 4.78 is 33.7. The van der Waals surface area contributed by atoms with Crippen molar-refractivity contribution in [3.8, 4) is 11.5 Å². The maximum absolute atomic E-state index is 12.4. The third kappa shape index (κ3) is 3.86. The Morgan fingerprint density at radius 1 is 1.04 bits per heavy atom. The first-order valence-electron chi connectivity index (χ1n) is 7.10. The number of benzene rings is 2. The lowest BCUT2D eigenvalue weighted by atomic mass is 10.1. The summed E-state index contributed by atoms with van der Waals surface area (Å²) in [6.45, 7) is 1.82. The van der Waals surface area contributed by atoms with Gasteiger partial charge in [0.15, 0.2) is 21.3 Å². The number of sulfone groups is 1. The molecule has 0 aliphatic rings. The minimum Gasteiger partial charge on any atom is -0.493 e. The number of hydrogen-bond acceptors (Lipinski definition) is 5.